The Labute approximate surface area is 257 Å². The average Bonchev–Trinajstić information content (AvgIpc) is 3.52. The first kappa shape index (κ1) is 30.8. The van der Waals surface area contributed by atoms with Crippen molar-refractivity contribution in [1.29, 1.82) is 0 Å². The zero-order chi connectivity index (χ0) is 31.3. The van der Waals surface area contributed by atoms with Gasteiger partial charge in [-0.15, -0.1) is 0 Å². The van der Waals surface area contributed by atoms with E-state index in [1.54, 1.807) is 44.6 Å². The van der Waals surface area contributed by atoms with E-state index in [9.17, 15) is 23.1 Å². The Hall–Kier alpha value is -4.67. The number of aliphatic carboxylic acids is 1. The number of rotatable bonds is 11. The summed E-state index contributed by atoms with van der Waals surface area (Å²) >= 11 is 0. The van der Waals surface area contributed by atoms with Crippen LogP contribution in [0.3, 0.4) is 0 Å². The van der Waals surface area contributed by atoms with E-state index < -0.39 is 34.0 Å². The summed E-state index contributed by atoms with van der Waals surface area (Å²) in [5, 5.41) is 12.7. The first-order chi connectivity index (χ1) is 21.2. The molecule has 4 aromatic carbocycles. The number of ether oxygens (including phenoxy) is 2. The number of hydrogen-bond donors (Lipinski definition) is 2. The van der Waals surface area contributed by atoms with E-state index >= 15 is 0 Å². The minimum atomic E-state index is -4.03. The Morgan fingerprint density at radius 1 is 0.864 bits per heavy atom. The predicted molar refractivity (Wildman–Crippen MR) is 166 cm³/mol. The molecule has 3 atom stereocenters. The van der Waals surface area contributed by atoms with Gasteiger partial charge in [-0.25, -0.2) is 13.2 Å². The van der Waals surface area contributed by atoms with Crippen molar-refractivity contribution in [2.75, 3.05) is 20.8 Å². The molecule has 1 aliphatic rings. The molecule has 4 aromatic rings. The lowest BCUT2D eigenvalue weighted by molar-refractivity contribution is -0.142. The van der Waals surface area contributed by atoms with Crippen LogP contribution < -0.4 is 14.8 Å². The quantitative estimate of drug-likeness (QED) is 0.251. The highest BCUT2D eigenvalue weighted by molar-refractivity contribution is 7.89. The van der Waals surface area contributed by atoms with E-state index in [-0.39, 0.29) is 30.2 Å². The summed E-state index contributed by atoms with van der Waals surface area (Å²) in [7, 11) is -0.877. The number of carbonyl (C=O) groups is 2. The second-order valence-electron chi connectivity index (χ2n) is 10.6. The van der Waals surface area contributed by atoms with Gasteiger partial charge in [0.1, 0.15) is 23.6 Å². The van der Waals surface area contributed by atoms with Gasteiger partial charge in [0.25, 0.3) is 0 Å². The standard InChI is InChI=1S/C34H34N2O7S/c1-42-30-14-9-15-31(43-2)32(30)25-18-16-23(17-19-25)20-28(34(38)39)35-33(37)29-21-26(24-10-5-3-6-11-24)22-36(29)44(40,41)27-12-7-4-8-13-27/h3-19,26,28-29H,20-22H2,1-2H3,(H,35,37)(H,38,39)/t26-,28+,29+/m1/s1. The van der Waals surface area contributed by atoms with Gasteiger partial charge >= 0.3 is 5.97 Å². The first-order valence-corrected chi connectivity index (χ1v) is 15.6. The highest BCUT2D eigenvalue weighted by Gasteiger charge is 2.45. The lowest BCUT2D eigenvalue weighted by Gasteiger charge is -2.25. The van der Waals surface area contributed by atoms with Crippen LogP contribution in [0, 0.1) is 0 Å². The zero-order valence-corrected chi connectivity index (χ0v) is 25.2. The van der Waals surface area contributed by atoms with Gasteiger partial charge in [-0.05, 0) is 53.3 Å². The molecule has 44 heavy (non-hydrogen) atoms. The maximum Gasteiger partial charge on any atom is 0.326 e. The maximum atomic E-state index is 13.7. The fourth-order valence-corrected chi connectivity index (χ4v) is 7.32. The number of hydrogen-bond acceptors (Lipinski definition) is 6. The van der Waals surface area contributed by atoms with Crippen molar-refractivity contribution in [2.45, 2.75) is 35.7 Å². The molecular formula is C34H34N2O7S. The molecule has 10 heteroatoms. The van der Waals surface area contributed by atoms with E-state index in [0.717, 1.165) is 16.7 Å². The average molecular weight is 615 g/mol. The van der Waals surface area contributed by atoms with Gasteiger partial charge in [-0.2, -0.15) is 4.31 Å². The van der Waals surface area contributed by atoms with E-state index in [2.05, 4.69) is 5.32 Å². The number of carboxylic acids is 1. The Balaban J connectivity index is 1.37. The second kappa shape index (κ2) is 13.3. The second-order valence-corrected chi connectivity index (χ2v) is 12.5. The van der Waals surface area contributed by atoms with E-state index in [0.29, 0.717) is 17.1 Å². The molecule has 228 valence electrons. The number of benzene rings is 4. The first-order valence-electron chi connectivity index (χ1n) is 14.2. The third-order valence-electron chi connectivity index (χ3n) is 7.90. The van der Waals surface area contributed by atoms with Crippen LogP contribution in [-0.2, 0) is 26.0 Å². The highest BCUT2D eigenvalue weighted by atomic mass is 32.2. The molecule has 0 aromatic heterocycles. The number of methoxy groups -OCH3 is 2. The summed E-state index contributed by atoms with van der Waals surface area (Å²) in [6, 6.07) is 27.8. The molecule has 0 saturated carbocycles. The highest BCUT2D eigenvalue weighted by Crippen LogP contribution is 2.38. The number of carboxylic acid groups (broad SMARTS) is 1. The largest absolute Gasteiger partial charge is 0.496 e. The molecule has 5 rings (SSSR count). The predicted octanol–water partition coefficient (Wildman–Crippen LogP) is 4.73. The Morgan fingerprint density at radius 3 is 2.02 bits per heavy atom. The maximum absolute atomic E-state index is 13.7. The van der Waals surface area contributed by atoms with Crippen molar-refractivity contribution in [2.24, 2.45) is 0 Å². The fraction of sp³-hybridized carbons (Fsp3) is 0.235. The van der Waals surface area contributed by atoms with Crippen molar-refractivity contribution in [1.82, 2.24) is 9.62 Å². The Kier molecular flexibility index (Phi) is 9.32. The normalized spacial score (nSPS) is 17.5. The van der Waals surface area contributed by atoms with Crippen molar-refractivity contribution in [3.05, 3.63) is 114 Å². The van der Waals surface area contributed by atoms with Crippen molar-refractivity contribution in [3.8, 4) is 22.6 Å². The summed E-state index contributed by atoms with van der Waals surface area (Å²) < 4.78 is 39.6. The van der Waals surface area contributed by atoms with Gasteiger partial charge in [0, 0.05) is 13.0 Å². The van der Waals surface area contributed by atoms with Crippen LogP contribution in [0.2, 0.25) is 0 Å². The molecule has 2 N–H and O–H groups in total. The molecule has 9 nitrogen and oxygen atoms in total. The molecule has 0 aliphatic carbocycles. The SMILES string of the molecule is COc1cccc(OC)c1-c1ccc(C[C@H](NC(=O)[C@@H]2C[C@@H](c3ccccc3)CN2S(=O)(=O)c2ccccc2)C(=O)O)cc1. The van der Waals surface area contributed by atoms with E-state index in [1.165, 1.54) is 16.4 Å². The third-order valence-corrected chi connectivity index (χ3v) is 9.79. The van der Waals surface area contributed by atoms with Gasteiger partial charge in [-0.1, -0.05) is 78.9 Å². The van der Waals surface area contributed by atoms with E-state index in [4.69, 9.17) is 9.47 Å². The Bertz CT molecular complexity index is 1690. The fourth-order valence-electron chi connectivity index (χ4n) is 5.65. The van der Waals surface area contributed by atoms with Crippen molar-refractivity contribution >= 4 is 21.9 Å². The smallest absolute Gasteiger partial charge is 0.326 e. The number of sulfonamides is 1. The number of nitrogens with zero attached hydrogens (tertiary/aromatic N) is 1. The van der Waals surface area contributed by atoms with Crippen LogP contribution in [0.4, 0.5) is 0 Å². The lowest BCUT2D eigenvalue weighted by atomic mass is 9.96. The molecule has 0 spiro atoms. The van der Waals surface area contributed by atoms with Gasteiger partial charge in [0.05, 0.1) is 24.7 Å². The topological polar surface area (TPSA) is 122 Å². The lowest BCUT2D eigenvalue weighted by Crippen LogP contribution is -2.51. The van der Waals surface area contributed by atoms with Crippen molar-refractivity contribution in [3.63, 3.8) is 0 Å². The minimum absolute atomic E-state index is 0.00464. The molecule has 1 amide bonds. The van der Waals surface area contributed by atoms with E-state index in [1.807, 2.05) is 60.7 Å². The summed E-state index contributed by atoms with van der Waals surface area (Å²) in [4.78, 5) is 26.1. The summed E-state index contributed by atoms with van der Waals surface area (Å²) in [5.74, 6) is -0.829. The van der Waals surface area contributed by atoms with Gasteiger partial charge in [0.2, 0.25) is 15.9 Å². The van der Waals surface area contributed by atoms with Gasteiger partial charge in [-0.3, -0.25) is 4.79 Å². The van der Waals surface area contributed by atoms with Crippen LogP contribution in [0.25, 0.3) is 11.1 Å². The minimum Gasteiger partial charge on any atom is -0.496 e. The number of nitrogens with one attached hydrogen (secondary N) is 1. The van der Waals surface area contributed by atoms with Crippen LogP contribution in [0.15, 0.2) is 108 Å². The molecule has 1 saturated heterocycles. The van der Waals surface area contributed by atoms with Gasteiger partial charge in [0.15, 0.2) is 0 Å². The van der Waals surface area contributed by atoms with Crippen LogP contribution in [-0.4, -0.2) is 62.6 Å². The summed E-state index contributed by atoms with van der Waals surface area (Å²) in [5.41, 5.74) is 3.18. The van der Waals surface area contributed by atoms with Crippen molar-refractivity contribution < 1.29 is 32.6 Å². The number of amides is 1. The molecule has 1 aliphatic heterocycles. The molecule has 0 unspecified atom stereocenters. The van der Waals surface area contributed by atoms with Crippen LogP contribution in [0.5, 0.6) is 11.5 Å². The number of carbonyl (C=O) groups excluding carboxylic acids is 1. The summed E-state index contributed by atoms with van der Waals surface area (Å²) in [6.07, 6.45) is 0.231. The molecule has 0 bridgehead atoms. The summed E-state index contributed by atoms with van der Waals surface area (Å²) in [6.45, 7) is 0.102. The van der Waals surface area contributed by atoms with Crippen LogP contribution >= 0.6 is 0 Å². The molecule has 0 radical (unpaired) electrons. The molecule has 1 heterocycles. The monoisotopic (exact) mass is 614 g/mol. The Morgan fingerprint density at radius 2 is 1.45 bits per heavy atom. The zero-order valence-electron chi connectivity index (χ0n) is 24.4. The molecular weight excluding hydrogens is 580 g/mol. The van der Waals surface area contributed by atoms with Crippen LogP contribution in [0.1, 0.15) is 23.5 Å². The third kappa shape index (κ3) is 6.46. The van der Waals surface area contributed by atoms with Gasteiger partial charge < -0.3 is 19.9 Å². The molecule has 1 fully saturated rings.